The van der Waals surface area contributed by atoms with Crippen LogP contribution in [0.1, 0.15) is 55.1 Å². The second-order valence-electron chi connectivity index (χ2n) is 9.10. The van der Waals surface area contributed by atoms with Crippen molar-refractivity contribution in [3.63, 3.8) is 0 Å². The maximum Gasteiger partial charge on any atom is 0.419 e. The molecule has 2 atom stereocenters. The lowest BCUT2D eigenvalue weighted by Crippen LogP contribution is -2.23. The van der Waals surface area contributed by atoms with Crippen LogP contribution in [0.15, 0.2) is 34.5 Å². The van der Waals surface area contributed by atoms with Crippen LogP contribution >= 0.6 is 11.3 Å². The van der Waals surface area contributed by atoms with Crippen molar-refractivity contribution in [1.82, 2.24) is 4.90 Å². The van der Waals surface area contributed by atoms with Crippen molar-refractivity contribution < 1.29 is 31.4 Å². The van der Waals surface area contributed by atoms with Gasteiger partial charge in [-0.15, -0.1) is 11.3 Å². The number of sulfonamides is 1. The zero-order valence-electron chi connectivity index (χ0n) is 18.8. The minimum atomic E-state index is -4.63. The highest BCUT2D eigenvalue weighted by molar-refractivity contribution is 7.94. The Hall–Kier alpha value is -1.82. The van der Waals surface area contributed by atoms with Crippen molar-refractivity contribution in [2.24, 2.45) is 5.92 Å². The summed E-state index contributed by atoms with van der Waals surface area (Å²) in [5.41, 5.74) is -0.962. The third-order valence-corrected chi connectivity index (χ3v) is 9.46. The number of likely N-dealkylation sites (N-methyl/N-ethyl adjacent to an activating group) is 1. The number of nitrogens with one attached hydrogen (secondary N) is 1. The molecule has 0 spiro atoms. The van der Waals surface area contributed by atoms with Gasteiger partial charge < -0.3 is 14.7 Å². The second kappa shape index (κ2) is 10.0. The van der Waals surface area contributed by atoms with Gasteiger partial charge in [-0.25, -0.2) is 8.42 Å². The van der Waals surface area contributed by atoms with E-state index in [2.05, 4.69) is 4.72 Å². The van der Waals surface area contributed by atoms with Crippen LogP contribution in [-0.2, 0) is 16.2 Å². The minimum Gasteiger partial charge on any atom is -0.488 e. The zero-order valence-corrected chi connectivity index (χ0v) is 20.5. The summed E-state index contributed by atoms with van der Waals surface area (Å²) in [6.45, 7) is 1.21. The fraction of sp³-hybridized carbons (Fsp3) is 0.565. The summed E-state index contributed by atoms with van der Waals surface area (Å²) in [7, 11) is -2.19. The van der Waals surface area contributed by atoms with Gasteiger partial charge in [0.1, 0.15) is 16.1 Å². The fourth-order valence-corrected chi connectivity index (χ4v) is 7.07. The van der Waals surface area contributed by atoms with Gasteiger partial charge in [0.15, 0.2) is 0 Å². The smallest absolute Gasteiger partial charge is 0.419 e. The number of hydrogen-bond donors (Lipinski definition) is 2. The van der Waals surface area contributed by atoms with Crippen LogP contribution in [0.3, 0.4) is 0 Å². The van der Waals surface area contributed by atoms with Crippen molar-refractivity contribution in [3.05, 3.63) is 40.8 Å². The van der Waals surface area contributed by atoms with Crippen LogP contribution in [0.25, 0.3) is 0 Å². The molecule has 1 aliphatic carbocycles. The number of nitrogens with zero attached hydrogens (tertiary/aromatic N) is 1. The molecule has 2 aromatic rings. The second-order valence-corrected chi connectivity index (χ2v) is 12.1. The van der Waals surface area contributed by atoms with Gasteiger partial charge in [-0.1, -0.05) is 19.3 Å². The van der Waals surface area contributed by atoms with E-state index in [1.165, 1.54) is 6.07 Å². The Morgan fingerprint density at radius 3 is 2.53 bits per heavy atom. The molecule has 6 nitrogen and oxygen atoms in total. The normalized spacial score (nSPS) is 21.5. The highest BCUT2D eigenvalue weighted by Crippen LogP contribution is 2.40. The number of anilines is 1. The number of alkyl halides is 3. The van der Waals surface area contributed by atoms with Gasteiger partial charge in [-0.05, 0) is 56.5 Å². The molecule has 0 amide bonds. The number of aliphatic hydroxyl groups excluding tert-OH is 1. The van der Waals surface area contributed by atoms with Crippen LogP contribution < -0.4 is 9.46 Å². The Kier molecular flexibility index (Phi) is 7.47. The first kappa shape index (κ1) is 25.3. The van der Waals surface area contributed by atoms with Crippen LogP contribution in [-0.4, -0.2) is 44.7 Å². The molecule has 1 saturated heterocycles. The zero-order chi connectivity index (χ0) is 24.5. The Balaban J connectivity index is 1.53. The lowest BCUT2D eigenvalue weighted by atomic mass is 9.85. The average molecular weight is 519 g/mol. The maximum absolute atomic E-state index is 13.5. The van der Waals surface area contributed by atoms with Crippen molar-refractivity contribution >= 4 is 27.0 Å². The van der Waals surface area contributed by atoms with Crippen LogP contribution in [0.5, 0.6) is 5.75 Å². The number of aliphatic hydroxyl groups is 1. The SMILES string of the molecule is CN1CCC(Oc2cc(NS(=O)(=O)c3ccc(C(O)C4CCCCC4)s3)ccc2C(F)(F)F)C1. The largest absolute Gasteiger partial charge is 0.488 e. The van der Waals surface area contributed by atoms with E-state index in [-0.39, 0.29) is 15.8 Å². The number of thiophene rings is 1. The highest BCUT2D eigenvalue weighted by atomic mass is 32.2. The number of likely N-dealkylation sites (tertiary alicyclic amines) is 1. The third kappa shape index (κ3) is 5.87. The standard InChI is InChI=1S/C23H29F3N2O4S2/c1-28-12-11-17(14-28)32-19-13-16(7-8-18(19)23(24,25)26)27-34(30,31)21-10-9-20(33-21)22(29)15-5-3-2-4-6-15/h7-10,13,15,17,22,27,29H,2-6,11-12,14H2,1H3. The number of benzene rings is 1. The molecular weight excluding hydrogens is 489 g/mol. The first-order chi connectivity index (χ1) is 16.0. The summed E-state index contributed by atoms with van der Waals surface area (Å²) in [5, 5.41) is 10.7. The first-order valence-electron chi connectivity index (χ1n) is 11.4. The molecule has 2 unspecified atom stereocenters. The van der Waals surface area contributed by atoms with E-state index in [0.29, 0.717) is 24.4 Å². The van der Waals surface area contributed by atoms with E-state index < -0.39 is 39.7 Å². The number of halogens is 3. The summed E-state index contributed by atoms with van der Waals surface area (Å²) in [6, 6.07) is 6.03. The first-order valence-corrected chi connectivity index (χ1v) is 13.7. The van der Waals surface area contributed by atoms with Crippen LogP contribution in [0.4, 0.5) is 18.9 Å². The van der Waals surface area contributed by atoms with Crippen LogP contribution in [0, 0.1) is 5.92 Å². The Morgan fingerprint density at radius 2 is 1.88 bits per heavy atom. The van der Waals surface area contributed by atoms with Gasteiger partial charge in [-0.2, -0.15) is 13.2 Å². The summed E-state index contributed by atoms with van der Waals surface area (Å²) >= 11 is 0.982. The van der Waals surface area contributed by atoms with E-state index in [4.69, 9.17) is 4.74 Å². The van der Waals surface area contributed by atoms with Gasteiger partial charge in [-0.3, -0.25) is 4.72 Å². The Bertz CT molecular complexity index is 1100. The number of hydrogen-bond acceptors (Lipinski definition) is 6. The molecule has 2 heterocycles. The van der Waals surface area contributed by atoms with Gasteiger partial charge in [0.05, 0.1) is 17.4 Å². The quantitative estimate of drug-likeness (QED) is 0.523. The molecule has 2 aliphatic rings. The van der Waals surface area contributed by atoms with Gasteiger partial charge in [0.25, 0.3) is 10.0 Å². The van der Waals surface area contributed by atoms with E-state index in [9.17, 15) is 26.7 Å². The van der Waals surface area contributed by atoms with E-state index in [0.717, 1.165) is 61.6 Å². The van der Waals surface area contributed by atoms with Crippen molar-refractivity contribution in [2.75, 3.05) is 24.9 Å². The lowest BCUT2D eigenvalue weighted by molar-refractivity contribution is -0.139. The van der Waals surface area contributed by atoms with E-state index >= 15 is 0 Å². The molecule has 11 heteroatoms. The summed E-state index contributed by atoms with van der Waals surface area (Å²) < 4.78 is 74.4. The molecule has 2 N–H and O–H groups in total. The fourth-order valence-electron chi connectivity index (χ4n) is 4.61. The summed E-state index contributed by atoms with van der Waals surface area (Å²) in [5.74, 6) is -0.284. The number of ether oxygens (including phenoxy) is 1. The monoisotopic (exact) mass is 518 g/mol. The average Bonchev–Trinajstić information content (AvgIpc) is 3.43. The van der Waals surface area contributed by atoms with Crippen molar-refractivity contribution in [1.29, 1.82) is 0 Å². The molecular formula is C23H29F3N2O4S2. The predicted octanol–water partition coefficient (Wildman–Crippen LogP) is 5.26. The molecule has 1 aromatic carbocycles. The summed E-state index contributed by atoms with van der Waals surface area (Å²) in [4.78, 5) is 2.54. The van der Waals surface area contributed by atoms with Crippen molar-refractivity contribution in [2.45, 2.75) is 61.1 Å². The molecule has 188 valence electrons. The molecule has 4 rings (SSSR count). The minimum absolute atomic E-state index is 0.00264. The molecule has 0 bridgehead atoms. The van der Waals surface area contributed by atoms with E-state index in [1.807, 2.05) is 11.9 Å². The number of rotatable bonds is 7. The predicted molar refractivity (Wildman–Crippen MR) is 125 cm³/mol. The highest BCUT2D eigenvalue weighted by Gasteiger charge is 2.36. The molecule has 34 heavy (non-hydrogen) atoms. The van der Waals surface area contributed by atoms with E-state index in [1.54, 1.807) is 6.07 Å². The van der Waals surface area contributed by atoms with Gasteiger partial charge in [0.2, 0.25) is 0 Å². The third-order valence-electron chi connectivity index (χ3n) is 6.44. The topological polar surface area (TPSA) is 78.9 Å². The molecule has 0 radical (unpaired) electrons. The van der Waals surface area contributed by atoms with Gasteiger partial charge >= 0.3 is 6.18 Å². The molecule has 1 aromatic heterocycles. The van der Waals surface area contributed by atoms with Crippen molar-refractivity contribution in [3.8, 4) is 5.75 Å². The Labute approximate surface area is 201 Å². The lowest BCUT2D eigenvalue weighted by Gasteiger charge is -2.25. The van der Waals surface area contributed by atoms with Gasteiger partial charge in [0, 0.05) is 24.0 Å². The molecule has 1 aliphatic heterocycles. The van der Waals surface area contributed by atoms with Crippen LogP contribution in [0.2, 0.25) is 0 Å². The maximum atomic E-state index is 13.5. The molecule has 1 saturated carbocycles. The molecule has 2 fully saturated rings. The summed E-state index contributed by atoms with van der Waals surface area (Å²) in [6.07, 6.45) is -0.100. The Morgan fingerprint density at radius 1 is 1.15 bits per heavy atom.